The molecule has 2 aromatic heterocycles. The van der Waals surface area contributed by atoms with Crippen molar-refractivity contribution < 1.29 is 55.3 Å². The molecule has 2 fully saturated rings. The van der Waals surface area contributed by atoms with Gasteiger partial charge in [0.25, 0.3) is 11.8 Å². The van der Waals surface area contributed by atoms with E-state index in [4.69, 9.17) is 9.47 Å². The molecule has 1 aromatic carbocycles. The lowest BCUT2D eigenvalue weighted by Gasteiger charge is -2.51. The minimum absolute atomic E-state index is 0.0133. The van der Waals surface area contributed by atoms with Gasteiger partial charge in [-0.25, -0.2) is 0 Å². The number of ether oxygens (including phenoxy) is 2. The number of carbonyl (C=O) groups excluding carboxylic acids is 2. The highest BCUT2D eigenvalue weighted by molar-refractivity contribution is 7.10. The van der Waals surface area contributed by atoms with Crippen LogP contribution in [0.25, 0.3) is 0 Å². The van der Waals surface area contributed by atoms with Gasteiger partial charge in [0.15, 0.2) is 0 Å². The molecular weight excluding hydrogens is 767 g/mol. The van der Waals surface area contributed by atoms with Crippen LogP contribution in [0.3, 0.4) is 0 Å². The molecule has 2 aliphatic heterocycles. The fraction of sp³-hybridized carbons (Fsp3) is 0.513. The molecule has 2 saturated heterocycles. The van der Waals surface area contributed by atoms with E-state index in [1.807, 2.05) is 0 Å². The Morgan fingerprint density at radius 2 is 1.71 bits per heavy atom. The topological polar surface area (TPSA) is 133 Å². The predicted molar refractivity (Wildman–Crippen MR) is 192 cm³/mol. The number of hydrogen-bond donors (Lipinski definition) is 1. The number of hydrogen-bond acceptors (Lipinski definition) is 8. The molecule has 2 unspecified atom stereocenters. The number of rotatable bonds is 12. The summed E-state index contributed by atoms with van der Waals surface area (Å²) in [6.45, 7) is 4.85. The van der Waals surface area contributed by atoms with E-state index < -0.39 is 68.7 Å². The summed E-state index contributed by atoms with van der Waals surface area (Å²) in [7, 11) is 0. The largest absolute Gasteiger partial charge is 0.493 e. The Morgan fingerprint density at radius 3 is 2.32 bits per heavy atom. The quantitative estimate of drug-likeness (QED) is 0.181. The molecule has 0 bridgehead atoms. The second-order valence-electron chi connectivity index (χ2n) is 14.7. The molecule has 2 atom stereocenters. The van der Waals surface area contributed by atoms with Gasteiger partial charge in [-0.3, -0.25) is 19.4 Å². The van der Waals surface area contributed by atoms with Crippen LogP contribution in [0.15, 0.2) is 54.0 Å². The summed E-state index contributed by atoms with van der Waals surface area (Å²) >= 11 is 0.357. The number of nitriles is 1. The van der Waals surface area contributed by atoms with Gasteiger partial charge < -0.3 is 24.4 Å². The number of aliphatic carboxylic acids is 1. The van der Waals surface area contributed by atoms with E-state index in [-0.39, 0.29) is 70.5 Å². The molecule has 2 amide bonds. The first-order chi connectivity index (χ1) is 26.3. The Morgan fingerprint density at radius 1 is 1.02 bits per heavy atom. The number of pyridine rings is 1. The molecule has 1 N–H and O–H groups in total. The number of amides is 2. The summed E-state index contributed by atoms with van der Waals surface area (Å²) in [5.41, 5.74) is -5.82. The summed E-state index contributed by atoms with van der Waals surface area (Å²) in [5.74, 6) is -2.65. The lowest BCUT2D eigenvalue weighted by molar-refractivity contribution is -0.160. The molecule has 0 saturated carbocycles. The van der Waals surface area contributed by atoms with Crippen LogP contribution < -0.4 is 9.47 Å². The Labute approximate surface area is 324 Å². The number of piperidine rings is 2. The third-order valence-electron chi connectivity index (χ3n) is 10.6. The second kappa shape index (κ2) is 16.3. The van der Waals surface area contributed by atoms with Gasteiger partial charge >= 0.3 is 18.3 Å². The van der Waals surface area contributed by atoms with Crippen LogP contribution in [0.1, 0.15) is 92.2 Å². The van der Waals surface area contributed by atoms with Gasteiger partial charge in [-0.05, 0) is 64.2 Å². The normalized spacial score (nSPS) is 20.2. The van der Waals surface area contributed by atoms with Crippen LogP contribution in [0.2, 0.25) is 0 Å². The van der Waals surface area contributed by atoms with Gasteiger partial charge in [-0.1, -0.05) is 31.5 Å². The zero-order chi connectivity index (χ0) is 41.1. The number of nitrogens with zero attached hydrogens (tertiary/aromatic N) is 4. The van der Waals surface area contributed by atoms with Gasteiger partial charge in [0.2, 0.25) is 5.60 Å². The molecular formula is C39H42F6N4O6S. The minimum Gasteiger partial charge on any atom is -0.493 e. The molecule has 56 heavy (non-hydrogen) atoms. The summed E-state index contributed by atoms with van der Waals surface area (Å²) in [6.07, 6.45) is -7.80. The third kappa shape index (κ3) is 8.59. The Balaban J connectivity index is 1.49. The van der Waals surface area contributed by atoms with Crippen LogP contribution in [0.5, 0.6) is 11.5 Å². The first-order valence-electron chi connectivity index (χ1n) is 18.1. The summed E-state index contributed by atoms with van der Waals surface area (Å²) in [5, 5.41) is 21.2. The number of carboxylic acids is 1. The zero-order valence-electron chi connectivity index (χ0n) is 31.0. The molecule has 5 rings (SSSR count). The van der Waals surface area contributed by atoms with Crippen LogP contribution in [-0.4, -0.2) is 75.6 Å². The Bertz CT molecular complexity index is 1950. The maximum Gasteiger partial charge on any atom is 0.425 e. The van der Waals surface area contributed by atoms with Crippen molar-refractivity contribution in [1.29, 1.82) is 5.26 Å². The van der Waals surface area contributed by atoms with Crippen LogP contribution in [0, 0.1) is 16.7 Å². The van der Waals surface area contributed by atoms with Crippen LogP contribution >= 0.6 is 11.3 Å². The summed E-state index contributed by atoms with van der Waals surface area (Å²) in [6, 6.07) is 10.6. The third-order valence-corrected chi connectivity index (χ3v) is 11.6. The van der Waals surface area contributed by atoms with Crippen molar-refractivity contribution in [3.05, 3.63) is 75.7 Å². The summed E-state index contributed by atoms with van der Waals surface area (Å²) in [4.78, 5) is 46.0. The average molecular weight is 809 g/mol. The maximum absolute atomic E-state index is 15.0. The second-order valence-corrected chi connectivity index (χ2v) is 15.6. The van der Waals surface area contributed by atoms with Crippen molar-refractivity contribution in [2.45, 2.75) is 95.1 Å². The van der Waals surface area contributed by atoms with E-state index in [9.17, 15) is 51.1 Å². The maximum atomic E-state index is 15.0. The minimum atomic E-state index is -4.93. The van der Waals surface area contributed by atoms with E-state index in [2.05, 4.69) is 11.1 Å². The first kappa shape index (κ1) is 42.3. The van der Waals surface area contributed by atoms with Crippen molar-refractivity contribution >= 4 is 29.1 Å². The smallest absolute Gasteiger partial charge is 0.425 e. The number of likely N-dealkylation sites (tertiary alicyclic amines) is 2. The van der Waals surface area contributed by atoms with Crippen molar-refractivity contribution in [3.63, 3.8) is 0 Å². The molecule has 2 aliphatic rings. The number of para-hydroxylation sites is 1. The van der Waals surface area contributed by atoms with E-state index in [0.29, 0.717) is 29.1 Å². The standard InChI is InChI=1S/C39H42F6N4O6S/c1-4-9-29-37(55-25-22-30(56-23-25)39(43,44)45,13-8-18-49(29)32(50)31-27(38(40,41)42)11-7-17-47-31)33(51)48-19-14-36(24-46,15-20-48)26-10-5-6-12-28(26)54-21-16-35(2,3)34(52)53/h5-7,10-12,17,22-23,29H,4,8-9,13-16,18-21H2,1-3H3,(H,52,53). The van der Waals surface area contributed by atoms with Gasteiger partial charge in [-0.2, -0.15) is 31.6 Å². The lowest BCUT2D eigenvalue weighted by atomic mass is 9.72. The number of halogens is 6. The zero-order valence-corrected chi connectivity index (χ0v) is 31.8. The highest BCUT2D eigenvalue weighted by Crippen LogP contribution is 2.45. The molecule has 3 aromatic rings. The van der Waals surface area contributed by atoms with E-state index >= 15 is 0 Å². The molecule has 10 nitrogen and oxygen atoms in total. The number of alkyl halides is 6. The fourth-order valence-corrected chi connectivity index (χ4v) is 8.06. The van der Waals surface area contributed by atoms with Crippen LogP contribution in [-0.2, 0) is 27.4 Å². The fourth-order valence-electron chi connectivity index (χ4n) is 7.39. The van der Waals surface area contributed by atoms with Gasteiger partial charge in [-0.15, -0.1) is 11.3 Å². The van der Waals surface area contributed by atoms with Gasteiger partial charge in [0, 0.05) is 49.3 Å². The number of benzene rings is 1. The molecule has 0 spiro atoms. The number of carbonyl (C=O) groups is 3. The van der Waals surface area contributed by atoms with Crippen molar-refractivity contribution in [1.82, 2.24) is 14.8 Å². The van der Waals surface area contributed by atoms with Crippen LogP contribution in [0.4, 0.5) is 26.3 Å². The number of aromatic nitrogens is 1. The number of carboxylic acid groups (broad SMARTS) is 1. The van der Waals surface area contributed by atoms with Gasteiger partial charge in [0.1, 0.15) is 22.1 Å². The number of thiophene rings is 1. The van der Waals surface area contributed by atoms with E-state index in [1.54, 1.807) is 45.0 Å². The lowest BCUT2D eigenvalue weighted by Crippen LogP contribution is -2.68. The highest BCUT2D eigenvalue weighted by atomic mass is 32.1. The van der Waals surface area contributed by atoms with E-state index in [0.717, 1.165) is 34.7 Å². The Hall–Kier alpha value is -4.85. The van der Waals surface area contributed by atoms with Crippen molar-refractivity contribution in [2.24, 2.45) is 5.41 Å². The van der Waals surface area contributed by atoms with E-state index in [1.165, 1.54) is 4.90 Å². The molecule has 0 radical (unpaired) electrons. The first-order valence-corrected chi connectivity index (χ1v) is 19.0. The Kier molecular flexibility index (Phi) is 12.3. The monoisotopic (exact) mass is 808 g/mol. The summed E-state index contributed by atoms with van der Waals surface area (Å²) < 4.78 is 95.7. The SMILES string of the molecule is CCCC1N(C(=O)c2ncccc2C(F)(F)F)CCCC1(Oc1csc(C(F)(F)F)c1)C(=O)N1CCC(C#N)(c2ccccc2OCCC(C)(C)C(=O)O)CC1. The highest BCUT2D eigenvalue weighted by Gasteiger charge is 2.57. The molecule has 302 valence electrons. The average Bonchev–Trinajstić information content (AvgIpc) is 3.64. The van der Waals surface area contributed by atoms with Gasteiger partial charge in [0.05, 0.1) is 35.1 Å². The predicted octanol–water partition coefficient (Wildman–Crippen LogP) is 8.37. The molecule has 17 heteroatoms. The molecule has 4 heterocycles. The van der Waals surface area contributed by atoms with Crippen molar-refractivity contribution in [2.75, 3.05) is 26.2 Å². The molecule has 0 aliphatic carbocycles. The van der Waals surface area contributed by atoms with Crippen molar-refractivity contribution in [3.8, 4) is 17.6 Å².